The Bertz CT molecular complexity index is 670. The number of hydrogen-bond donors (Lipinski definition) is 1. The van der Waals surface area contributed by atoms with Gasteiger partial charge in [0.15, 0.2) is 23.1 Å². The summed E-state index contributed by atoms with van der Waals surface area (Å²) in [7, 11) is 0. The molecule has 0 heterocycles. The smallest absolute Gasteiger partial charge is 0.198 e. The molecule has 102 valence electrons. The molecule has 5 heteroatoms. The lowest BCUT2D eigenvalue weighted by Crippen LogP contribution is -1.96. The Morgan fingerprint density at radius 1 is 1.20 bits per heavy atom. The van der Waals surface area contributed by atoms with E-state index in [1.807, 2.05) is 0 Å². The van der Waals surface area contributed by atoms with Crippen LogP contribution < -0.4 is 4.74 Å². The van der Waals surface area contributed by atoms with E-state index in [0.29, 0.717) is 11.3 Å². The van der Waals surface area contributed by atoms with Crippen LogP contribution in [-0.4, -0.2) is 5.11 Å². The van der Waals surface area contributed by atoms with Gasteiger partial charge in [0.1, 0.15) is 5.75 Å². The van der Waals surface area contributed by atoms with E-state index in [0.717, 1.165) is 12.1 Å². The number of rotatable bonds is 3. The van der Waals surface area contributed by atoms with Gasteiger partial charge in [-0.15, -0.1) is 0 Å². The Hall–Kier alpha value is -2.45. The van der Waals surface area contributed by atoms with E-state index in [9.17, 15) is 8.78 Å². The Morgan fingerprint density at radius 3 is 2.35 bits per heavy atom. The molecule has 0 saturated heterocycles. The lowest BCUT2D eigenvalue weighted by Gasteiger charge is -2.10. The van der Waals surface area contributed by atoms with Crippen LogP contribution in [-0.2, 0) is 6.61 Å². The second kappa shape index (κ2) is 5.68. The average Bonchev–Trinajstić information content (AvgIpc) is 2.42. The molecule has 0 saturated carbocycles. The maximum Gasteiger partial charge on any atom is 0.198 e. The lowest BCUT2D eigenvalue weighted by molar-refractivity contribution is 0.279. The van der Waals surface area contributed by atoms with Crippen LogP contribution in [0.25, 0.3) is 4.85 Å². The minimum absolute atomic E-state index is 0.131. The molecule has 0 unspecified atom stereocenters. The topological polar surface area (TPSA) is 33.8 Å². The predicted molar refractivity (Wildman–Crippen MR) is 69.8 cm³/mol. The van der Waals surface area contributed by atoms with Gasteiger partial charge < -0.3 is 9.84 Å². The SMILES string of the molecule is [C-]#[N+]c1ccc(Oc2c(F)cc(CO)cc2F)cc1C. The fraction of sp³-hybridized carbons (Fsp3) is 0.133. The minimum Gasteiger partial charge on any atom is -0.451 e. The second-order valence-electron chi connectivity index (χ2n) is 4.21. The van der Waals surface area contributed by atoms with E-state index in [4.69, 9.17) is 16.4 Å². The van der Waals surface area contributed by atoms with Gasteiger partial charge in [0, 0.05) is 0 Å². The maximum absolute atomic E-state index is 13.7. The number of ether oxygens (including phenoxy) is 1. The van der Waals surface area contributed by atoms with Crippen molar-refractivity contribution in [1.29, 1.82) is 0 Å². The first-order chi connectivity index (χ1) is 9.55. The molecule has 0 fully saturated rings. The Balaban J connectivity index is 2.35. The van der Waals surface area contributed by atoms with Gasteiger partial charge >= 0.3 is 0 Å². The van der Waals surface area contributed by atoms with E-state index in [1.54, 1.807) is 6.92 Å². The van der Waals surface area contributed by atoms with Crippen molar-refractivity contribution in [2.24, 2.45) is 0 Å². The third-order valence-electron chi connectivity index (χ3n) is 2.75. The summed E-state index contributed by atoms with van der Waals surface area (Å²) < 4.78 is 32.6. The van der Waals surface area contributed by atoms with Crippen LogP contribution in [0.2, 0.25) is 0 Å². The molecule has 0 aliphatic heterocycles. The number of hydrogen-bond acceptors (Lipinski definition) is 2. The van der Waals surface area contributed by atoms with Gasteiger partial charge in [-0.05, 0) is 42.3 Å². The summed E-state index contributed by atoms with van der Waals surface area (Å²) in [6, 6.07) is 6.55. The van der Waals surface area contributed by atoms with E-state index in [-0.39, 0.29) is 11.3 Å². The van der Waals surface area contributed by atoms with Crippen molar-refractivity contribution < 1.29 is 18.6 Å². The molecule has 2 aromatic rings. The van der Waals surface area contributed by atoms with Gasteiger partial charge in [-0.25, -0.2) is 13.6 Å². The molecule has 3 nitrogen and oxygen atoms in total. The van der Waals surface area contributed by atoms with Crippen molar-refractivity contribution in [3.05, 3.63) is 64.5 Å². The molecular weight excluding hydrogens is 264 g/mol. The van der Waals surface area contributed by atoms with E-state index in [2.05, 4.69) is 4.85 Å². The molecule has 0 radical (unpaired) electrons. The molecule has 0 amide bonds. The summed E-state index contributed by atoms with van der Waals surface area (Å²) in [5.41, 5.74) is 1.24. The number of halogens is 2. The van der Waals surface area contributed by atoms with Crippen LogP contribution in [0.4, 0.5) is 14.5 Å². The zero-order valence-corrected chi connectivity index (χ0v) is 10.7. The third-order valence-corrected chi connectivity index (χ3v) is 2.75. The van der Waals surface area contributed by atoms with Crippen LogP contribution in [0, 0.1) is 25.1 Å². The summed E-state index contributed by atoms with van der Waals surface area (Å²) in [5.74, 6) is -2.07. The zero-order valence-electron chi connectivity index (χ0n) is 10.7. The first-order valence-corrected chi connectivity index (χ1v) is 5.80. The normalized spacial score (nSPS) is 10.2. The molecule has 0 spiro atoms. The molecule has 0 aromatic heterocycles. The Morgan fingerprint density at radius 2 is 1.85 bits per heavy atom. The molecule has 1 N–H and O–H groups in total. The highest BCUT2D eigenvalue weighted by molar-refractivity contribution is 5.54. The maximum atomic E-state index is 13.7. The van der Waals surface area contributed by atoms with E-state index in [1.165, 1.54) is 18.2 Å². The number of aliphatic hydroxyl groups is 1. The lowest BCUT2D eigenvalue weighted by atomic mass is 10.2. The van der Waals surface area contributed by atoms with Gasteiger partial charge in [0.25, 0.3) is 0 Å². The first kappa shape index (κ1) is 14.0. The van der Waals surface area contributed by atoms with Gasteiger partial charge in [0.2, 0.25) is 0 Å². The molecule has 0 aliphatic rings. The standard InChI is InChI=1S/C15H11F2NO2/c1-9-5-11(3-4-14(9)18-2)20-15-12(16)6-10(8-19)7-13(15)17/h3-7,19H,8H2,1H3. The number of benzene rings is 2. The number of aliphatic hydroxyl groups excluding tert-OH is 1. The first-order valence-electron chi connectivity index (χ1n) is 5.80. The van der Waals surface area contributed by atoms with Gasteiger partial charge in [-0.2, -0.15) is 0 Å². The van der Waals surface area contributed by atoms with Crippen LogP contribution >= 0.6 is 0 Å². The molecule has 0 bridgehead atoms. The highest BCUT2D eigenvalue weighted by Gasteiger charge is 2.14. The minimum atomic E-state index is -0.888. The number of nitrogens with zero attached hydrogens (tertiary/aromatic N) is 1. The summed E-state index contributed by atoms with van der Waals surface area (Å²) in [5, 5.41) is 8.86. The van der Waals surface area contributed by atoms with Crippen LogP contribution in [0.3, 0.4) is 0 Å². The monoisotopic (exact) mass is 275 g/mol. The largest absolute Gasteiger partial charge is 0.451 e. The summed E-state index contributed by atoms with van der Waals surface area (Å²) in [4.78, 5) is 3.29. The van der Waals surface area contributed by atoms with Crippen molar-refractivity contribution in [2.75, 3.05) is 0 Å². The molecule has 0 aliphatic carbocycles. The van der Waals surface area contributed by atoms with Crippen molar-refractivity contribution >= 4 is 5.69 Å². The van der Waals surface area contributed by atoms with Crippen molar-refractivity contribution in [2.45, 2.75) is 13.5 Å². The van der Waals surface area contributed by atoms with Gasteiger partial charge in [-0.3, -0.25) is 0 Å². The zero-order chi connectivity index (χ0) is 14.7. The molecule has 20 heavy (non-hydrogen) atoms. The number of aryl methyl sites for hydroxylation is 1. The molecule has 2 aromatic carbocycles. The third kappa shape index (κ3) is 2.76. The van der Waals surface area contributed by atoms with Crippen molar-refractivity contribution in [1.82, 2.24) is 0 Å². The van der Waals surface area contributed by atoms with Gasteiger partial charge in [-0.1, -0.05) is 6.07 Å². The Labute approximate surface area is 114 Å². The van der Waals surface area contributed by atoms with Gasteiger partial charge in [0.05, 0.1) is 13.2 Å². The summed E-state index contributed by atoms with van der Waals surface area (Å²) in [6.45, 7) is 8.19. The fourth-order valence-electron chi connectivity index (χ4n) is 1.74. The summed E-state index contributed by atoms with van der Waals surface area (Å²) >= 11 is 0. The quantitative estimate of drug-likeness (QED) is 0.855. The van der Waals surface area contributed by atoms with Crippen molar-refractivity contribution in [3.63, 3.8) is 0 Å². The highest BCUT2D eigenvalue weighted by Crippen LogP contribution is 2.31. The average molecular weight is 275 g/mol. The highest BCUT2D eigenvalue weighted by atomic mass is 19.1. The predicted octanol–water partition coefficient (Wildman–Crippen LogP) is 4.11. The molecule has 2 rings (SSSR count). The van der Waals surface area contributed by atoms with E-state index >= 15 is 0 Å². The van der Waals surface area contributed by atoms with E-state index < -0.39 is 24.0 Å². The van der Waals surface area contributed by atoms with Crippen LogP contribution in [0.15, 0.2) is 30.3 Å². The second-order valence-corrected chi connectivity index (χ2v) is 4.21. The summed E-state index contributed by atoms with van der Waals surface area (Å²) in [6.07, 6.45) is 0. The fourth-order valence-corrected chi connectivity index (χ4v) is 1.74. The van der Waals surface area contributed by atoms with Crippen molar-refractivity contribution in [3.8, 4) is 11.5 Å². The molecular formula is C15H11F2NO2. The van der Waals surface area contributed by atoms with Crippen LogP contribution in [0.5, 0.6) is 11.5 Å². The van der Waals surface area contributed by atoms with Crippen LogP contribution in [0.1, 0.15) is 11.1 Å². The Kier molecular flexibility index (Phi) is 3.97. The molecule has 0 atom stereocenters.